The predicted molar refractivity (Wildman–Crippen MR) is 49.4 cm³/mol. The van der Waals surface area contributed by atoms with Crippen molar-refractivity contribution >= 4 is 11.8 Å². The van der Waals surface area contributed by atoms with Crippen molar-refractivity contribution in [3.63, 3.8) is 0 Å². The van der Waals surface area contributed by atoms with Crippen LogP contribution in [0.1, 0.15) is 19.8 Å². The van der Waals surface area contributed by atoms with Gasteiger partial charge in [0, 0.05) is 5.25 Å². The van der Waals surface area contributed by atoms with E-state index in [9.17, 15) is 0 Å². The predicted octanol–water partition coefficient (Wildman–Crippen LogP) is 3.01. The first-order valence-electron chi connectivity index (χ1n) is 3.88. The maximum atomic E-state index is 2.29. The number of hydrogen-bond donors (Lipinski definition) is 0. The molecule has 56 valence electrons. The van der Waals surface area contributed by atoms with Crippen molar-refractivity contribution in [3.8, 4) is 0 Å². The second-order valence-corrected chi connectivity index (χ2v) is 3.81. The van der Waals surface area contributed by atoms with Crippen LogP contribution in [0.15, 0.2) is 24.3 Å². The van der Waals surface area contributed by atoms with Crippen molar-refractivity contribution in [1.82, 2.24) is 0 Å². The molecule has 0 heterocycles. The number of thioether (sulfide) groups is 1. The van der Waals surface area contributed by atoms with Crippen LogP contribution in [0.4, 0.5) is 0 Å². The van der Waals surface area contributed by atoms with E-state index >= 15 is 0 Å². The van der Waals surface area contributed by atoms with Gasteiger partial charge in [0.25, 0.3) is 0 Å². The van der Waals surface area contributed by atoms with Gasteiger partial charge < -0.3 is 0 Å². The Hall–Kier alpha value is -0.170. The fourth-order valence-electron chi connectivity index (χ4n) is 0.951. The minimum atomic E-state index is 0.755. The van der Waals surface area contributed by atoms with Crippen LogP contribution in [0.5, 0.6) is 0 Å². The van der Waals surface area contributed by atoms with Crippen LogP contribution < -0.4 is 0 Å². The number of rotatable bonds is 3. The van der Waals surface area contributed by atoms with Crippen molar-refractivity contribution < 1.29 is 0 Å². The Bertz CT molecular complexity index is 136. The fraction of sp³-hybridized carbons (Fsp3) is 0.556. The Morgan fingerprint density at radius 2 is 2.40 bits per heavy atom. The molecule has 0 aromatic carbocycles. The molecule has 0 saturated heterocycles. The van der Waals surface area contributed by atoms with E-state index in [-0.39, 0.29) is 0 Å². The Labute approximate surface area is 67.4 Å². The molecule has 0 saturated carbocycles. The van der Waals surface area contributed by atoms with Crippen molar-refractivity contribution in [2.75, 3.05) is 5.75 Å². The lowest BCUT2D eigenvalue weighted by Crippen LogP contribution is -1.99. The van der Waals surface area contributed by atoms with Crippen LogP contribution in [0, 0.1) is 0 Å². The first kappa shape index (κ1) is 7.93. The molecule has 1 atom stereocenters. The largest absolute Gasteiger partial charge is 0.154 e. The van der Waals surface area contributed by atoms with E-state index in [2.05, 4.69) is 43.0 Å². The summed E-state index contributed by atoms with van der Waals surface area (Å²) in [5, 5.41) is 0.755. The molecule has 10 heavy (non-hydrogen) atoms. The molecule has 1 rings (SSSR count). The number of allylic oxidation sites excluding steroid dienone is 3. The van der Waals surface area contributed by atoms with Crippen molar-refractivity contribution in [2.24, 2.45) is 0 Å². The molecule has 1 unspecified atom stereocenters. The van der Waals surface area contributed by atoms with Crippen LogP contribution in [0.3, 0.4) is 0 Å². The Morgan fingerprint density at radius 3 is 3.00 bits per heavy atom. The first-order valence-corrected chi connectivity index (χ1v) is 4.93. The zero-order valence-corrected chi connectivity index (χ0v) is 7.23. The maximum Gasteiger partial charge on any atom is 0.0264 e. The first-order chi connectivity index (χ1) is 4.93. The van der Waals surface area contributed by atoms with Crippen LogP contribution in [-0.2, 0) is 0 Å². The van der Waals surface area contributed by atoms with E-state index < -0.39 is 0 Å². The summed E-state index contributed by atoms with van der Waals surface area (Å²) in [6.45, 7) is 2.23. The lowest BCUT2D eigenvalue weighted by atomic mass is 10.2. The summed E-state index contributed by atoms with van der Waals surface area (Å²) in [6.07, 6.45) is 11.3. The molecule has 0 spiro atoms. The average Bonchev–Trinajstić information content (AvgIpc) is 2.03. The lowest BCUT2D eigenvalue weighted by Gasteiger charge is -2.10. The van der Waals surface area contributed by atoms with E-state index in [1.807, 2.05) is 0 Å². The average molecular weight is 154 g/mol. The second kappa shape index (κ2) is 4.62. The summed E-state index contributed by atoms with van der Waals surface area (Å²) >= 11 is 2.06. The topological polar surface area (TPSA) is 0 Å². The standard InChI is InChI=1S/C9H14S/c1-2-8-10-9-6-4-3-5-7-9/h3-6,9H,2,7-8H2,1H3. The van der Waals surface area contributed by atoms with Gasteiger partial charge in [-0.1, -0.05) is 31.2 Å². The van der Waals surface area contributed by atoms with Gasteiger partial charge in [0.15, 0.2) is 0 Å². The minimum Gasteiger partial charge on any atom is -0.154 e. The van der Waals surface area contributed by atoms with Gasteiger partial charge in [-0.2, -0.15) is 11.8 Å². The number of hydrogen-bond acceptors (Lipinski definition) is 1. The van der Waals surface area contributed by atoms with Gasteiger partial charge >= 0.3 is 0 Å². The quantitative estimate of drug-likeness (QED) is 0.602. The summed E-state index contributed by atoms with van der Waals surface area (Å²) in [4.78, 5) is 0. The zero-order valence-electron chi connectivity index (χ0n) is 6.42. The maximum absolute atomic E-state index is 2.29. The molecule has 0 aliphatic heterocycles. The molecule has 1 aliphatic rings. The summed E-state index contributed by atoms with van der Waals surface area (Å²) in [6, 6.07) is 0. The highest BCUT2D eigenvalue weighted by Crippen LogP contribution is 2.19. The molecular weight excluding hydrogens is 140 g/mol. The summed E-state index contributed by atoms with van der Waals surface area (Å²) in [7, 11) is 0. The summed E-state index contributed by atoms with van der Waals surface area (Å²) in [5.74, 6) is 1.29. The normalized spacial score (nSPS) is 23.5. The lowest BCUT2D eigenvalue weighted by molar-refractivity contribution is 1.04. The van der Waals surface area contributed by atoms with E-state index in [0.717, 1.165) is 5.25 Å². The van der Waals surface area contributed by atoms with Crippen molar-refractivity contribution in [3.05, 3.63) is 24.3 Å². The van der Waals surface area contributed by atoms with Crippen molar-refractivity contribution in [2.45, 2.75) is 25.0 Å². The molecule has 1 heteroatoms. The Kier molecular flexibility index (Phi) is 3.66. The molecule has 0 radical (unpaired) electrons. The monoisotopic (exact) mass is 154 g/mol. The van der Waals surface area contributed by atoms with Gasteiger partial charge in [-0.05, 0) is 18.6 Å². The fourth-order valence-corrected chi connectivity index (χ4v) is 1.94. The van der Waals surface area contributed by atoms with E-state index in [1.165, 1.54) is 18.6 Å². The van der Waals surface area contributed by atoms with E-state index in [1.54, 1.807) is 0 Å². The SMILES string of the molecule is CCCSC1C=CC=CC1. The van der Waals surface area contributed by atoms with Crippen LogP contribution >= 0.6 is 11.8 Å². The molecule has 0 N–H and O–H groups in total. The zero-order chi connectivity index (χ0) is 7.23. The van der Waals surface area contributed by atoms with Gasteiger partial charge in [0.2, 0.25) is 0 Å². The van der Waals surface area contributed by atoms with Crippen LogP contribution in [0.25, 0.3) is 0 Å². The van der Waals surface area contributed by atoms with Crippen molar-refractivity contribution in [1.29, 1.82) is 0 Å². The van der Waals surface area contributed by atoms with Gasteiger partial charge in [0.1, 0.15) is 0 Å². The third-order valence-corrected chi connectivity index (χ3v) is 2.90. The minimum absolute atomic E-state index is 0.755. The van der Waals surface area contributed by atoms with E-state index in [0.29, 0.717) is 0 Å². The molecule has 0 aromatic rings. The van der Waals surface area contributed by atoms with Gasteiger partial charge in [-0.25, -0.2) is 0 Å². The van der Waals surface area contributed by atoms with Gasteiger partial charge in [-0.3, -0.25) is 0 Å². The smallest absolute Gasteiger partial charge is 0.0264 e. The molecular formula is C9H14S. The third-order valence-electron chi connectivity index (χ3n) is 1.48. The Morgan fingerprint density at radius 1 is 1.50 bits per heavy atom. The van der Waals surface area contributed by atoms with Crippen LogP contribution in [0.2, 0.25) is 0 Å². The third kappa shape index (κ3) is 2.61. The molecule has 0 bridgehead atoms. The molecule has 1 aliphatic carbocycles. The highest BCUT2D eigenvalue weighted by atomic mass is 32.2. The summed E-state index contributed by atoms with van der Waals surface area (Å²) < 4.78 is 0. The molecule has 0 fully saturated rings. The highest BCUT2D eigenvalue weighted by Gasteiger charge is 2.03. The highest BCUT2D eigenvalue weighted by molar-refractivity contribution is 8.00. The molecule has 0 aromatic heterocycles. The van der Waals surface area contributed by atoms with Crippen LogP contribution in [-0.4, -0.2) is 11.0 Å². The molecule has 0 amide bonds. The molecule has 0 nitrogen and oxygen atoms in total. The summed E-state index contributed by atoms with van der Waals surface area (Å²) in [5.41, 5.74) is 0. The van der Waals surface area contributed by atoms with Gasteiger partial charge in [-0.15, -0.1) is 0 Å². The second-order valence-electron chi connectivity index (χ2n) is 2.46. The van der Waals surface area contributed by atoms with E-state index in [4.69, 9.17) is 0 Å². The Balaban J connectivity index is 2.17. The van der Waals surface area contributed by atoms with Gasteiger partial charge in [0.05, 0.1) is 0 Å².